The molecule has 2 saturated carbocycles. The van der Waals surface area contributed by atoms with Crippen LogP contribution >= 0.6 is 0 Å². The predicted molar refractivity (Wildman–Crippen MR) is 72.4 cm³/mol. The second kappa shape index (κ2) is 4.93. The van der Waals surface area contributed by atoms with E-state index < -0.39 is 0 Å². The average Bonchev–Trinajstić information content (AvgIpc) is 3.01. The molecule has 19 heavy (non-hydrogen) atoms. The molecule has 0 heterocycles. The van der Waals surface area contributed by atoms with Gasteiger partial charge in [0.2, 0.25) is 0 Å². The molecule has 3 aliphatic rings. The fraction of sp³-hybridized carbons (Fsp3) is 0.812. The summed E-state index contributed by atoms with van der Waals surface area (Å²) in [7, 11) is 0. The van der Waals surface area contributed by atoms with Gasteiger partial charge in [-0.2, -0.15) is 0 Å². The van der Waals surface area contributed by atoms with Crippen molar-refractivity contribution in [1.29, 1.82) is 0 Å². The summed E-state index contributed by atoms with van der Waals surface area (Å²) in [4.78, 5) is 12.2. The maximum Gasteiger partial charge on any atom is 0.318 e. The summed E-state index contributed by atoms with van der Waals surface area (Å²) in [6.07, 6.45) is 13.2. The summed E-state index contributed by atoms with van der Waals surface area (Å²) >= 11 is 0. The Morgan fingerprint density at radius 2 is 2.05 bits per heavy atom. The van der Waals surface area contributed by atoms with Gasteiger partial charge in [-0.3, -0.25) is 4.79 Å². The summed E-state index contributed by atoms with van der Waals surface area (Å²) in [6.45, 7) is 2.26. The van der Waals surface area contributed by atoms with Crippen molar-refractivity contribution in [1.82, 2.24) is 0 Å². The Labute approximate surface area is 115 Å². The standard InChI is InChI=1S/C16H24O3/c1-15(7-3-2-4-8-15)19-12-18-14(17)16-9-5-13(11-16)6-10-16/h5,9,13H,2-4,6-8,10-12H2,1H3. The van der Waals surface area contributed by atoms with Crippen LogP contribution in [-0.2, 0) is 14.3 Å². The molecule has 2 atom stereocenters. The molecule has 0 spiro atoms. The lowest BCUT2D eigenvalue weighted by molar-refractivity contribution is -0.182. The maximum atomic E-state index is 12.2. The van der Waals surface area contributed by atoms with Gasteiger partial charge in [-0.25, -0.2) is 0 Å². The van der Waals surface area contributed by atoms with E-state index in [1.807, 2.05) is 0 Å². The van der Waals surface area contributed by atoms with Crippen LogP contribution in [-0.4, -0.2) is 18.4 Å². The Kier molecular flexibility index (Phi) is 3.42. The smallest absolute Gasteiger partial charge is 0.318 e. The van der Waals surface area contributed by atoms with Crippen molar-refractivity contribution in [2.75, 3.05) is 6.79 Å². The third-order valence-electron chi connectivity index (χ3n) is 5.19. The van der Waals surface area contributed by atoms with Crippen LogP contribution in [0.15, 0.2) is 12.2 Å². The second-order valence-electron chi connectivity index (χ2n) is 6.72. The van der Waals surface area contributed by atoms with Gasteiger partial charge in [0, 0.05) is 0 Å². The van der Waals surface area contributed by atoms with Crippen LogP contribution in [0.3, 0.4) is 0 Å². The highest BCUT2D eigenvalue weighted by atomic mass is 16.7. The van der Waals surface area contributed by atoms with Gasteiger partial charge in [0.1, 0.15) is 0 Å². The third kappa shape index (κ3) is 2.58. The maximum absolute atomic E-state index is 12.2. The Morgan fingerprint density at radius 1 is 1.26 bits per heavy atom. The van der Waals surface area contributed by atoms with E-state index in [4.69, 9.17) is 9.47 Å². The lowest BCUT2D eigenvalue weighted by Crippen LogP contribution is -2.34. The van der Waals surface area contributed by atoms with Crippen molar-refractivity contribution >= 4 is 5.97 Å². The van der Waals surface area contributed by atoms with Crippen molar-refractivity contribution in [3.63, 3.8) is 0 Å². The molecular formula is C16H24O3. The predicted octanol–water partition coefficient (Wildman–Crippen LogP) is 3.58. The first-order valence-corrected chi connectivity index (χ1v) is 7.63. The Bertz CT molecular complexity index is 381. The first-order valence-electron chi connectivity index (χ1n) is 7.63. The van der Waals surface area contributed by atoms with Crippen molar-refractivity contribution in [3.05, 3.63) is 12.2 Å². The first-order chi connectivity index (χ1) is 9.12. The van der Waals surface area contributed by atoms with Crippen molar-refractivity contribution in [3.8, 4) is 0 Å². The molecule has 2 fully saturated rings. The number of allylic oxidation sites excluding steroid dienone is 1. The molecule has 0 amide bonds. The molecule has 0 radical (unpaired) electrons. The average molecular weight is 264 g/mol. The van der Waals surface area contributed by atoms with Gasteiger partial charge >= 0.3 is 5.97 Å². The number of carbonyl (C=O) groups excluding carboxylic acids is 1. The van der Waals surface area contributed by atoms with Crippen LogP contribution in [0.1, 0.15) is 58.3 Å². The fourth-order valence-corrected chi connectivity index (χ4v) is 3.82. The molecule has 3 aliphatic carbocycles. The van der Waals surface area contributed by atoms with Crippen LogP contribution in [0.2, 0.25) is 0 Å². The van der Waals surface area contributed by atoms with Gasteiger partial charge in [0.05, 0.1) is 11.0 Å². The van der Waals surface area contributed by atoms with Crippen LogP contribution in [0.4, 0.5) is 0 Å². The van der Waals surface area contributed by atoms with Gasteiger partial charge in [-0.1, -0.05) is 31.4 Å². The highest BCUT2D eigenvalue weighted by Crippen LogP contribution is 2.49. The molecule has 0 aliphatic heterocycles. The molecular weight excluding hydrogens is 240 g/mol. The zero-order valence-electron chi connectivity index (χ0n) is 11.8. The summed E-state index contributed by atoms with van der Waals surface area (Å²) < 4.78 is 11.2. The van der Waals surface area contributed by atoms with Crippen molar-refractivity contribution < 1.29 is 14.3 Å². The molecule has 3 heteroatoms. The van der Waals surface area contributed by atoms with Gasteiger partial charge in [-0.15, -0.1) is 0 Å². The van der Waals surface area contributed by atoms with E-state index in [-0.39, 0.29) is 23.8 Å². The normalized spacial score (nSPS) is 35.5. The largest absolute Gasteiger partial charge is 0.438 e. The molecule has 0 aromatic carbocycles. The number of ether oxygens (including phenoxy) is 2. The minimum Gasteiger partial charge on any atom is -0.438 e. The quantitative estimate of drug-likeness (QED) is 0.442. The Morgan fingerprint density at radius 3 is 2.63 bits per heavy atom. The number of carbonyl (C=O) groups is 1. The minimum absolute atomic E-state index is 0.0804. The van der Waals surface area contributed by atoms with E-state index in [0.29, 0.717) is 5.92 Å². The van der Waals surface area contributed by atoms with Gasteiger partial charge in [0.25, 0.3) is 0 Å². The number of esters is 1. The third-order valence-corrected chi connectivity index (χ3v) is 5.19. The van der Waals surface area contributed by atoms with Crippen molar-refractivity contribution in [2.24, 2.45) is 11.3 Å². The van der Waals surface area contributed by atoms with Crippen LogP contribution in [0.25, 0.3) is 0 Å². The lowest BCUT2D eigenvalue weighted by Gasteiger charge is -2.33. The van der Waals surface area contributed by atoms with Crippen LogP contribution in [0.5, 0.6) is 0 Å². The summed E-state index contributed by atoms with van der Waals surface area (Å²) in [5.41, 5.74) is -0.401. The molecule has 0 saturated heterocycles. The second-order valence-corrected chi connectivity index (χ2v) is 6.72. The highest BCUT2D eigenvalue weighted by Gasteiger charge is 2.47. The number of hydrogen-bond acceptors (Lipinski definition) is 3. The van der Waals surface area contributed by atoms with Gasteiger partial charge in [0.15, 0.2) is 6.79 Å². The molecule has 0 aromatic heterocycles. The van der Waals surface area contributed by atoms with Crippen LogP contribution in [0, 0.1) is 11.3 Å². The molecule has 0 N–H and O–H groups in total. The minimum atomic E-state index is -0.318. The molecule has 3 rings (SSSR count). The lowest BCUT2D eigenvalue weighted by atomic mass is 9.86. The zero-order valence-corrected chi connectivity index (χ0v) is 11.8. The first kappa shape index (κ1) is 13.2. The van der Waals surface area contributed by atoms with Crippen LogP contribution < -0.4 is 0 Å². The fourth-order valence-electron chi connectivity index (χ4n) is 3.82. The van der Waals surface area contributed by atoms with Gasteiger partial charge in [-0.05, 0) is 44.9 Å². The van der Waals surface area contributed by atoms with E-state index >= 15 is 0 Å². The van der Waals surface area contributed by atoms with E-state index in [1.165, 1.54) is 19.3 Å². The SMILES string of the molecule is CC1(OCOC(=O)C23C=CC(CC2)C3)CCCCC1. The molecule has 0 aromatic rings. The van der Waals surface area contributed by atoms with Crippen molar-refractivity contribution in [2.45, 2.75) is 63.9 Å². The van der Waals surface area contributed by atoms with E-state index in [9.17, 15) is 4.79 Å². The van der Waals surface area contributed by atoms with E-state index in [2.05, 4.69) is 19.1 Å². The number of hydrogen-bond donors (Lipinski definition) is 0. The van der Waals surface area contributed by atoms with Gasteiger partial charge < -0.3 is 9.47 Å². The molecule has 2 unspecified atom stereocenters. The summed E-state index contributed by atoms with van der Waals surface area (Å²) in [5.74, 6) is 0.521. The number of rotatable bonds is 4. The highest BCUT2D eigenvalue weighted by molar-refractivity contribution is 5.80. The monoisotopic (exact) mass is 264 g/mol. The Hall–Kier alpha value is -0.830. The van der Waals surface area contributed by atoms with E-state index in [0.717, 1.165) is 32.1 Å². The molecule has 2 bridgehead atoms. The Balaban J connectivity index is 1.47. The zero-order chi connectivity index (χ0) is 13.3. The molecule has 3 nitrogen and oxygen atoms in total. The number of fused-ring (bicyclic) bond motifs is 2. The summed E-state index contributed by atoms with van der Waals surface area (Å²) in [6, 6.07) is 0. The van der Waals surface area contributed by atoms with E-state index in [1.54, 1.807) is 0 Å². The molecule has 106 valence electrons. The topological polar surface area (TPSA) is 35.5 Å². The summed E-state index contributed by atoms with van der Waals surface area (Å²) in [5, 5.41) is 0.